The molecule has 1 aromatic heterocycles. The SMILES string of the molecule is CCn1ncc(Cl)c1C(C)(O)c1ccc(Br)cc1. The van der Waals surface area contributed by atoms with Crippen LogP contribution < -0.4 is 0 Å². The Balaban J connectivity index is 2.53. The van der Waals surface area contributed by atoms with Crippen LogP contribution in [-0.2, 0) is 12.1 Å². The number of aryl methyl sites for hydroxylation is 1. The third-order valence-electron chi connectivity index (χ3n) is 2.96. The molecule has 2 aromatic rings. The number of hydrogen-bond acceptors (Lipinski definition) is 2. The van der Waals surface area contributed by atoms with Gasteiger partial charge in [0.2, 0.25) is 0 Å². The summed E-state index contributed by atoms with van der Waals surface area (Å²) in [5, 5.41) is 15.4. The first-order chi connectivity index (χ1) is 8.46. The lowest BCUT2D eigenvalue weighted by Crippen LogP contribution is -2.27. The van der Waals surface area contributed by atoms with E-state index in [4.69, 9.17) is 11.6 Å². The molecule has 0 amide bonds. The first-order valence-electron chi connectivity index (χ1n) is 5.67. The van der Waals surface area contributed by atoms with Crippen LogP contribution in [0.25, 0.3) is 0 Å². The molecule has 0 spiro atoms. The van der Waals surface area contributed by atoms with Crippen LogP contribution in [0.2, 0.25) is 5.02 Å². The minimum atomic E-state index is -1.16. The molecule has 0 saturated carbocycles. The molecule has 1 unspecified atom stereocenters. The van der Waals surface area contributed by atoms with Crippen LogP contribution in [0.15, 0.2) is 34.9 Å². The van der Waals surface area contributed by atoms with Crippen molar-refractivity contribution in [1.82, 2.24) is 9.78 Å². The number of nitrogens with zero attached hydrogens (tertiary/aromatic N) is 2. The lowest BCUT2D eigenvalue weighted by atomic mass is 9.92. The first-order valence-corrected chi connectivity index (χ1v) is 6.84. The Morgan fingerprint density at radius 2 is 2.00 bits per heavy atom. The topological polar surface area (TPSA) is 38.0 Å². The highest BCUT2D eigenvalue weighted by atomic mass is 79.9. The van der Waals surface area contributed by atoms with E-state index in [0.717, 1.165) is 10.0 Å². The second-order valence-corrected chi connectivity index (χ2v) is 5.56. The van der Waals surface area contributed by atoms with E-state index in [1.807, 2.05) is 31.2 Å². The quantitative estimate of drug-likeness (QED) is 0.935. The van der Waals surface area contributed by atoms with E-state index in [1.165, 1.54) is 0 Å². The lowest BCUT2D eigenvalue weighted by molar-refractivity contribution is 0.0919. The van der Waals surface area contributed by atoms with E-state index in [2.05, 4.69) is 21.0 Å². The predicted molar refractivity (Wildman–Crippen MR) is 75.7 cm³/mol. The van der Waals surface area contributed by atoms with Gasteiger partial charge >= 0.3 is 0 Å². The van der Waals surface area contributed by atoms with Crippen LogP contribution >= 0.6 is 27.5 Å². The normalized spacial score (nSPS) is 14.5. The van der Waals surface area contributed by atoms with Crippen molar-refractivity contribution in [3.05, 3.63) is 51.2 Å². The summed E-state index contributed by atoms with van der Waals surface area (Å²) >= 11 is 9.52. The molecule has 1 atom stereocenters. The average Bonchev–Trinajstić information content (AvgIpc) is 2.71. The molecule has 18 heavy (non-hydrogen) atoms. The standard InChI is InChI=1S/C13H14BrClN2O/c1-3-17-12(11(15)8-16-17)13(2,18)9-4-6-10(14)7-5-9/h4-8,18H,3H2,1-2H3. The molecule has 0 aliphatic rings. The summed E-state index contributed by atoms with van der Waals surface area (Å²) in [6.45, 7) is 4.35. The van der Waals surface area contributed by atoms with Crippen LogP contribution in [0.1, 0.15) is 25.1 Å². The summed E-state index contributed by atoms with van der Waals surface area (Å²) < 4.78 is 2.68. The number of benzene rings is 1. The molecule has 0 saturated heterocycles. The lowest BCUT2D eigenvalue weighted by Gasteiger charge is -2.25. The molecule has 0 aliphatic heterocycles. The summed E-state index contributed by atoms with van der Waals surface area (Å²) in [7, 11) is 0. The largest absolute Gasteiger partial charge is 0.379 e. The molecular formula is C13H14BrClN2O. The first kappa shape index (κ1) is 13.6. The molecule has 0 bridgehead atoms. The fraction of sp³-hybridized carbons (Fsp3) is 0.308. The fourth-order valence-corrected chi connectivity index (χ4v) is 2.59. The molecule has 2 rings (SSSR count). The average molecular weight is 330 g/mol. The molecule has 1 N–H and O–H groups in total. The molecule has 0 aliphatic carbocycles. The summed E-state index contributed by atoms with van der Waals surface area (Å²) in [6, 6.07) is 7.52. The highest BCUT2D eigenvalue weighted by Gasteiger charge is 2.31. The molecule has 3 nitrogen and oxygen atoms in total. The zero-order chi connectivity index (χ0) is 13.3. The van der Waals surface area contributed by atoms with Crippen LogP contribution in [0.3, 0.4) is 0 Å². The zero-order valence-corrected chi connectivity index (χ0v) is 12.5. The molecule has 0 fully saturated rings. The van der Waals surface area contributed by atoms with Crippen LogP contribution in [0.4, 0.5) is 0 Å². The number of aromatic nitrogens is 2. The van der Waals surface area contributed by atoms with Gasteiger partial charge in [-0.15, -0.1) is 0 Å². The maximum atomic E-state index is 10.8. The Morgan fingerprint density at radius 3 is 2.56 bits per heavy atom. The Hall–Kier alpha value is -0.840. The van der Waals surface area contributed by atoms with Crippen molar-refractivity contribution in [2.75, 3.05) is 0 Å². The smallest absolute Gasteiger partial charge is 0.130 e. The van der Waals surface area contributed by atoms with E-state index in [9.17, 15) is 5.11 Å². The minimum Gasteiger partial charge on any atom is -0.379 e. The van der Waals surface area contributed by atoms with Gasteiger partial charge in [0.25, 0.3) is 0 Å². The van der Waals surface area contributed by atoms with E-state index in [-0.39, 0.29) is 0 Å². The zero-order valence-electron chi connectivity index (χ0n) is 10.2. The van der Waals surface area contributed by atoms with Gasteiger partial charge in [-0.1, -0.05) is 39.7 Å². The van der Waals surface area contributed by atoms with Gasteiger partial charge in [-0.2, -0.15) is 5.10 Å². The van der Waals surface area contributed by atoms with Crippen LogP contribution in [0.5, 0.6) is 0 Å². The Morgan fingerprint density at radius 1 is 1.39 bits per heavy atom. The summed E-state index contributed by atoms with van der Waals surface area (Å²) in [5.74, 6) is 0. The van der Waals surface area contributed by atoms with Crippen molar-refractivity contribution < 1.29 is 5.11 Å². The number of hydrogen-bond donors (Lipinski definition) is 1. The highest BCUT2D eigenvalue weighted by Crippen LogP contribution is 2.34. The minimum absolute atomic E-state index is 0.477. The van der Waals surface area contributed by atoms with Crippen molar-refractivity contribution in [3.63, 3.8) is 0 Å². The molecule has 5 heteroatoms. The predicted octanol–water partition coefficient (Wildman–Crippen LogP) is 3.57. The van der Waals surface area contributed by atoms with Gasteiger partial charge in [-0.05, 0) is 31.5 Å². The molecule has 1 aromatic carbocycles. The van der Waals surface area contributed by atoms with Crippen molar-refractivity contribution in [1.29, 1.82) is 0 Å². The maximum absolute atomic E-state index is 10.8. The molecular weight excluding hydrogens is 316 g/mol. The molecule has 96 valence electrons. The van der Waals surface area contributed by atoms with Crippen molar-refractivity contribution in [3.8, 4) is 0 Å². The van der Waals surface area contributed by atoms with Gasteiger partial charge < -0.3 is 5.11 Å². The van der Waals surface area contributed by atoms with Crippen LogP contribution in [-0.4, -0.2) is 14.9 Å². The highest BCUT2D eigenvalue weighted by molar-refractivity contribution is 9.10. The summed E-state index contributed by atoms with van der Waals surface area (Å²) in [6.07, 6.45) is 1.56. The third-order valence-corrected chi connectivity index (χ3v) is 3.77. The van der Waals surface area contributed by atoms with Gasteiger partial charge in [0.1, 0.15) is 5.60 Å². The second-order valence-electron chi connectivity index (χ2n) is 4.24. The Kier molecular flexibility index (Phi) is 3.80. The van der Waals surface area contributed by atoms with Gasteiger partial charge in [-0.25, -0.2) is 0 Å². The molecule has 0 radical (unpaired) electrons. The van der Waals surface area contributed by atoms with Crippen LogP contribution in [0, 0.1) is 0 Å². The van der Waals surface area contributed by atoms with Gasteiger partial charge in [0.05, 0.1) is 16.9 Å². The van der Waals surface area contributed by atoms with Gasteiger partial charge in [-0.3, -0.25) is 4.68 Å². The van der Waals surface area contributed by atoms with Crippen molar-refractivity contribution in [2.24, 2.45) is 0 Å². The summed E-state index contributed by atoms with van der Waals surface area (Å²) in [4.78, 5) is 0. The monoisotopic (exact) mass is 328 g/mol. The number of aliphatic hydroxyl groups is 1. The Bertz CT molecular complexity index is 549. The van der Waals surface area contributed by atoms with Crippen molar-refractivity contribution >= 4 is 27.5 Å². The number of halogens is 2. The number of rotatable bonds is 3. The van der Waals surface area contributed by atoms with Gasteiger partial charge in [0, 0.05) is 11.0 Å². The molecule has 1 heterocycles. The van der Waals surface area contributed by atoms with E-state index in [0.29, 0.717) is 17.3 Å². The van der Waals surface area contributed by atoms with E-state index < -0.39 is 5.60 Å². The Labute approximate surface area is 120 Å². The maximum Gasteiger partial charge on any atom is 0.130 e. The van der Waals surface area contributed by atoms with E-state index in [1.54, 1.807) is 17.8 Å². The second kappa shape index (κ2) is 5.03. The summed E-state index contributed by atoms with van der Waals surface area (Å²) in [5.41, 5.74) is 0.237. The van der Waals surface area contributed by atoms with E-state index >= 15 is 0 Å². The van der Waals surface area contributed by atoms with Crippen molar-refractivity contribution in [2.45, 2.75) is 26.0 Å². The fourth-order valence-electron chi connectivity index (χ4n) is 2.00. The van der Waals surface area contributed by atoms with Gasteiger partial charge in [0.15, 0.2) is 0 Å². The third kappa shape index (κ3) is 2.32.